The summed E-state index contributed by atoms with van der Waals surface area (Å²) in [6, 6.07) is 15.2. The van der Waals surface area contributed by atoms with Crippen LogP contribution in [0.2, 0.25) is 5.02 Å². The van der Waals surface area contributed by atoms with E-state index in [1.54, 1.807) is 11.8 Å². The maximum Gasteiger partial charge on any atom is 0.227 e. The van der Waals surface area contributed by atoms with E-state index in [9.17, 15) is 4.79 Å². The first-order chi connectivity index (χ1) is 15.6. The maximum atomic E-state index is 12.9. The van der Waals surface area contributed by atoms with Gasteiger partial charge in [-0.05, 0) is 54.0 Å². The average Bonchev–Trinajstić information content (AvgIpc) is 3.20. The summed E-state index contributed by atoms with van der Waals surface area (Å²) in [6.07, 6.45) is 2.28. The number of aromatic nitrogens is 3. The number of carbonyl (C=O) groups excluding carboxylic acids is 1. The lowest BCUT2D eigenvalue weighted by molar-refractivity contribution is -0.116. The van der Waals surface area contributed by atoms with E-state index in [-0.39, 0.29) is 11.8 Å². The first-order valence-corrected chi connectivity index (χ1v) is 12.1. The first kappa shape index (κ1) is 21.1. The summed E-state index contributed by atoms with van der Waals surface area (Å²) in [5.41, 5.74) is 3.82. The molecule has 1 atom stereocenters. The minimum atomic E-state index is -0.280. The fourth-order valence-electron chi connectivity index (χ4n) is 4.13. The van der Waals surface area contributed by atoms with Crippen LogP contribution in [0.3, 0.4) is 0 Å². The molecular weight excluding hydrogens is 444 g/mol. The summed E-state index contributed by atoms with van der Waals surface area (Å²) in [6.45, 7) is 2.54. The van der Waals surface area contributed by atoms with Crippen LogP contribution in [0.4, 0.5) is 5.95 Å². The van der Waals surface area contributed by atoms with E-state index in [4.69, 9.17) is 21.4 Å². The third-order valence-corrected chi connectivity index (χ3v) is 6.61. The van der Waals surface area contributed by atoms with Crippen LogP contribution in [0.1, 0.15) is 43.4 Å². The number of ketones is 1. The molecule has 0 amide bonds. The van der Waals surface area contributed by atoms with Gasteiger partial charge < -0.3 is 10.1 Å². The Labute approximate surface area is 196 Å². The molecule has 164 valence electrons. The molecular formula is C24H23ClN4O2S. The molecule has 8 heteroatoms. The van der Waals surface area contributed by atoms with Crippen molar-refractivity contribution in [2.24, 2.45) is 0 Å². The van der Waals surface area contributed by atoms with E-state index < -0.39 is 0 Å². The number of hydrogen-bond acceptors (Lipinski definition) is 6. The van der Waals surface area contributed by atoms with E-state index in [2.05, 4.69) is 17.2 Å². The zero-order valence-corrected chi connectivity index (χ0v) is 19.2. The van der Waals surface area contributed by atoms with E-state index >= 15 is 0 Å². The molecule has 0 bridgehead atoms. The Hall–Kier alpha value is -2.77. The van der Waals surface area contributed by atoms with Gasteiger partial charge in [-0.25, -0.2) is 4.68 Å². The Balaban J connectivity index is 1.43. The van der Waals surface area contributed by atoms with Crippen LogP contribution < -0.4 is 10.1 Å². The Kier molecular flexibility index (Phi) is 5.93. The minimum Gasteiger partial charge on any atom is -0.489 e. The Bertz CT molecular complexity index is 1170. The van der Waals surface area contributed by atoms with Crippen molar-refractivity contribution in [2.75, 3.05) is 11.1 Å². The average molecular weight is 467 g/mol. The van der Waals surface area contributed by atoms with Gasteiger partial charge in [0.15, 0.2) is 5.78 Å². The van der Waals surface area contributed by atoms with Crippen molar-refractivity contribution in [1.82, 2.24) is 14.8 Å². The normalized spacial score (nSPS) is 17.6. The molecule has 1 unspecified atom stereocenters. The van der Waals surface area contributed by atoms with Crippen LogP contribution in [0, 0.1) is 0 Å². The van der Waals surface area contributed by atoms with Crippen molar-refractivity contribution >= 4 is 35.1 Å². The number of carbonyl (C=O) groups is 1. The van der Waals surface area contributed by atoms with Gasteiger partial charge in [0.25, 0.3) is 0 Å². The van der Waals surface area contributed by atoms with E-state index in [1.165, 1.54) is 0 Å². The number of nitrogens with one attached hydrogen (secondary N) is 1. The highest BCUT2D eigenvalue weighted by Crippen LogP contribution is 2.40. The molecule has 2 aliphatic rings. The molecule has 0 spiro atoms. The van der Waals surface area contributed by atoms with E-state index in [0.29, 0.717) is 24.0 Å². The molecule has 1 aromatic heterocycles. The largest absolute Gasteiger partial charge is 0.489 e. The number of rotatable bonds is 6. The van der Waals surface area contributed by atoms with Crippen molar-refractivity contribution in [3.63, 3.8) is 0 Å². The molecule has 0 saturated carbocycles. The number of hydrogen-bond donors (Lipinski definition) is 1. The summed E-state index contributed by atoms with van der Waals surface area (Å²) in [7, 11) is 0. The lowest BCUT2D eigenvalue weighted by atomic mass is 9.85. The van der Waals surface area contributed by atoms with Gasteiger partial charge in [-0.1, -0.05) is 54.6 Å². The van der Waals surface area contributed by atoms with E-state index in [1.807, 2.05) is 53.2 Å². The third-order valence-electron chi connectivity index (χ3n) is 5.64. The second kappa shape index (κ2) is 9.00. The lowest BCUT2D eigenvalue weighted by Crippen LogP contribution is -2.31. The summed E-state index contributed by atoms with van der Waals surface area (Å²) in [5.74, 6) is 2.53. The number of ether oxygens (including phenoxy) is 1. The van der Waals surface area contributed by atoms with Gasteiger partial charge in [0.2, 0.25) is 11.1 Å². The smallest absolute Gasteiger partial charge is 0.227 e. The predicted octanol–water partition coefficient (Wildman–Crippen LogP) is 5.64. The Morgan fingerprint density at radius 1 is 1.16 bits per heavy atom. The maximum absolute atomic E-state index is 12.9. The number of fused-ring (bicyclic) bond motifs is 1. The van der Waals surface area contributed by atoms with Crippen LogP contribution >= 0.6 is 23.4 Å². The number of benzene rings is 2. The minimum absolute atomic E-state index is 0.178. The topological polar surface area (TPSA) is 69.0 Å². The second-order valence-electron chi connectivity index (χ2n) is 7.78. The SMILES string of the molecule is CCSc1nc2n(n1)C(c1ccc(OCc3ccc(Cl)cc3)cc1)C1=C(CCCC1=O)N2. The van der Waals surface area contributed by atoms with Crippen LogP contribution in [-0.4, -0.2) is 26.3 Å². The summed E-state index contributed by atoms with van der Waals surface area (Å²) in [4.78, 5) is 17.5. The van der Waals surface area contributed by atoms with Gasteiger partial charge in [0.1, 0.15) is 18.4 Å². The van der Waals surface area contributed by atoms with Crippen molar-refractivity contribution < 1.29 is 9.53 Å². The standard InChI is InChI=1S/C24H23ClN4O2S/c1-2-32-24-27-23-26-19-4-3-5-20(30)21(19)22(29(23)28-24)16-8-12-18(13-9-16)31-14-15-6-10-17(25)11-7-15/h6-13,22H,2-5,14H2,1H3,(H,26,27,28). The zero-order valence-electron chi connectivity index (χ0n) is 17.7. The molecule has 5 rings (SSSR count). The highest BCUT2D eigenvalue weighted by molar-refractivity contribution is 7.99. The first-order valence-electron chi connectivity index (χ1n) is 10.7. The van der Waals surface area contributed by atoms with Crippen molar-refractivity contribution in [3.05, 3.63) is 76.0 Å². The monoisotopic (exact) mass is 466 g/mol. The van der Waals surface area contributed by atoms with Gasteiger partial charge in [-0.15, -0.1) is 5.10 Å². The number of allylic oxidation sites excluding steroid dienone is 2. The summed E-state index contributed by atoms with van der Waals surface area (Å²) >= 11 is 7.54. The lowest BCUT2D eigenvalue weighted by Gasteiger charge is -2.32. The van der Waals surface area contributed by atoms with Crippen LogP contribution in [0.15, 0.2) is 65.0 Å². The Morgan fingerprint density at radius 2 is 1.94 bits per heavy atom. The summed E-state index contributed by atoms with van der Waals surface area (Å²) in [5, 5.41) is 9.49. The zero-order chi connectivity index (χ0) is 22.1. The molecule has 32 heavy (non-hydrogen) atoms. The molecule has 0 saturated heterocycles. The van der Waals surface area contributed by atoms with Crippen molar-refractivity contribution in [2.45, 2.75) is 44.0 Å². The molecule has 1 N–H and O–H groups in total. The highest BCUT2D eigenvalue weighted by Gasteiger charge is 2.36. The van der Waals surface area contributed by atoms with Crippen molar-refractivity contribution in [3.8, 4) is 5.75 Å². The second-order valence-corrected chi connectivity index (χ2v) is 9.44. The van der Waals surface area contributed by atoms with Gasteiger partial charge in [-0.3, -0.25) is 4.79 Å². The quantitative estimate of drug-likeness (QED) is 0.474. The summed E-state index contributed by atoms with van der Waals surface area (Å²) < 4.78 is 7.79. The van der Waals surface area contributed by atoms with Gasteiger partial charge >= 0.3 is 0 Å². The molecule has 3 aromatic rings. The molecule has 2 aromatic carbocycles. The third kappa shape index (κ3) is 4.14. The highest BCUT2D eigenvalue weighted by atomic mass is 35.5. The fraction of sp³-hybridized carbons (Fsp3) is 0.292. The molecule has 0 fully saturated rings. The fourth-order valence-corrected chi connectivity index (χ4v) is 4.81. The number of Topliss-reactive ketones (excluding diaryl/α,β-unsaturated/α-hetero) is 1. The molecule has 2 heterocycles. The van der Waals surface area contributed by atoms with Crippen LogP contribution in [-0.2, 0) is 11.4 Å². The van der Waals surface area contributed by atoms with E-state index in [0.717, 1.165) is 51.9 Å². The number of thioether (sulfide) groups is 1. The molecule has 1 aliphatic carbocycles. The van der Waals surface area contributed by atoms with Crippen molar-refractivity contribution in [1.29, 1.82) is 0 Å². The molecule has 0 radical (unpaired) electrons. The van der Waals surface area contributed by atoms with Crippen LogP contribution in [0.25, 0.3) is 0 Å². The van der Waals surface area contributed by atoms with Crippen LogP contribution in [0.5, 0.6) is 5.75 Å². The van der Waals surface area contributed by atoms with Gasteiger partial charge in [-0.2, -0.15) is 4.98 Å². The number of anilines is 1. The Morgan fingerprint density at radius 3 is 2.69 bits per heavy atom. The van der Waals surface area contributed by atoms with Gasteiger partial charge in [0, 0.05) is 22.7 Å². The number of nitrogens with zero attached hydrogens (tertiary/aromatic N) is 3. The molecule has 1 aliphatic heterocycles. The van der Waals surface area contributed by atoms with Gasteiger partial charge in [0.05, 0.1) is 0 Å². The predicted molar refractivity (Wildman–Crippen MR) is 126 cm³/mol. The number of halogens is 1. The molecule has 6 nitrogen and oxygen atoms in total.